The van der Waals surface area contributed by atoms with Gasteiger partial charge in [0.05, 0.1) is 4.92 Å². The van der Waals surface area contributed by atoms with Gasteiger partial charge in [-0.2, -0.15) is 5.10 Å². The van der Waals surface area contributed by atoms with Gasteiger partial charge in [0, 0.05) is 12.6 Å². The van der Waals surface area contributed by atoms with Crippen molar-refractivity contribution in [2.75, 3.05) is 6.54 Å². The molecule has 0 spiro atoms. The summed E-state index contributed by atoms with van der Waals surface area (Å²) in [5.41, 5.74) is 5.71. The molecule has 0 aromatic carbocycles. The summed E-state index contributed by atoms with van der Waals surface area (Å²) in [6.45, 7) is 0.401. The molecular formula is C10H16ClN5O3. The summed E-state index contributed by atoms with van der Waals surface area (Å²) < 4.78 is 1.23. The van der Waals surface area contributed by atoms with Crippen LogP contribution in [0, 0.1) is 16.0 Å². The Morgan fingerprint density at radius 3 is 2.89 bits per heavy atom. The van der Waals surface area contributed by atoms with Gasteiger partial charge in [0.15, 0.2) is 0 Å². The number of halogens is 1. The zero-order valence-electron chi connectivity index (χ0n) is 10.2. The van der Waals surface area contributed by atoms with Crippen LogP contribution in [0.15, 0.2) is 12.4 Å². The molecule has 1 aromatic heterocycles. The number of nitrogens with one attached hydrogen (secondary N) is 1. The van der Waals surface area contributed by atoms with E-state index in [2.05, 4.69) is 10.4 Å². The van der Waals surface area contributed by atoms with E-state index in [4.69, 9.17) is 5.73 Å². The van der Waals surface area contributed by atoms with E-state index in [1.165, 1.54) is 10.9 Å². The van der Waals surface area contributed by atoms with Crippen LogP contribution < -0.4 is 11.1 Å². The third-order valence-electron chi connectivity index (χ3n) is 2.90. The van der Waals surface area contributed by atoms with Crippen molar-refractivity contribution in [3.05, 3.63) is 22.5 Å². The molecule has 19 heavy (non-hydrogen) atoms. The predicted octanol–water partition coefficient (Wildman–Crippen LogP) is 0.0666. The normalized spacial score (nSPS) is 15.4. The lowest BCUT2D eigenvalue weighted by Crippen LogP contribution is -2.39. The molecule has 1 fully saturated rings. The first kappa shape index (κ1) is 15.4. The fourth-order valence-corrected chi connectivity index (χ4v) is 1.66. The molecule has 3 N–H and O–H groups in total. The van der Waals surface area contributed by atoms with Crippen LogP contribution in [0.4, 0.5) is 5.69 Å². The lowest BCUT2D eigenvalue weighted by atomic mass is 10.2. The van der Waals surface area contributed by atoms with Crippen molar-refractivity contribution in [1.29, 1.82) is 0 Å². The molecule has 1 aliphatic rings. The lowest BCUT2D eigenvalue weighted by molar-refractivity contribution is -0.385. The van der Waals surface area contributed by atoms with Gasteiger partial charge in [-0.15, -0.1) is 12.4 Å². The summed E-state index contributed by atoms with van der Waals surface area (Å²) in [5.74, 6) is 0.278. The summed E-state index contributed by atoms with van der Waals surface area (Å²) in [6, 6.07) is 0.000840. The zero-order chi connectivity index (χ0) is 13.1. The monoisotopic (exact) mass is 289 g/mol. The molecule has 1 aromatic rings. The highest BCUT2D eigenvalue weighted by molar-refractivity contribution is 5.85. The number of rotatable bonds is 6. The molecule has 0 aliphatic heterocycles. The molecule has 1 saturated carbocycles. The number of carbonyl (C=O) groups excluding carboxylic acids is 1. The minimum Gasteiger partial charge on any atom is -0.353 e. The largest absolute Gasteiger partial charge is 0.353 e. The Labute approximate surface area is 115 Å². The predicted molar refractivity (Wildman–Crippen MR) is 69.8 cm³/mol. The van der Waals surface area contributed by atoms with Crippen LogP contribution >= 0.6 is 12.4 Å². The van der Waals surface area contributed by atoms with Crippen molar-refractivity contribution in [1.82, 2.24) is 15.1 Å². The highest BCUT2D eigenvalue weighted by Gasteiger charge is 2.28. The van der Waals surface area contributed by atoms with Crippen LogP contribution in [0.25, 0.3) is 0 Å². The Morgan fingerprint density at radius 2 is 2.37 bits per heavy atom. The number of carbonyl (C=O) groups is 1. The Morgan fingerprint density at radius 1 is 1.68 bits per heavy atom. The maximum atomic E-state index is 11.5. The molecule has 1 amide bonds. The van der Waals surface area contributed by atoms with Crippen molar-refractivity contribution < 1.29 is 9.72 Å². The van der Waals surface area contributed by atoms with Crippen molar-refractivity contribution in [3.8, 4) is 0 Å². The molecule has 8 nitrogen and oxygen atoms in total. The van der Waals surface area contributed by atoms with Gasteiger partial charge in [0.1, 0.15) is 18.9 Å². The van der Waals surface area contributed by atoms with Crippen LogP contribution in [0.5, 0.6) is 0 Å². The molecule has 9 heteroatoms. The molecule has 1 unspecified atom stereocenters. The lowest BCUT2D eigenvalue weighted by Gasteiger charge is -2.11. The SMILES string of the molecule is Cl.NC(CNC(=O)Cn1cc([N+](=O)[O-])cn1)C1CC1. The molecule has 1 aliphatic carbocycles. The van der Waals surface area contributed by atoms with E-state index in [-0.39, 0.29) is 36.6 Å². The number of hydrogen-bond acceptors (Lipinski definition) is 5. The van der Waals surface area contributed by atoms with E-state index in [1.807, 2.05) is 0 Å². The number of nitro groups is 1. The molecule has 0 bridgehead atoms. The van der Waals surface area contributed by atoms with Gasteiger partial charge in [-0.25, -0.2) is 0 Å². The minimum atomic E-state index is -0.551. The van der Waals surface area contributed by atoms with Gasteiger partial charge in [-0.05, 0) is 18.8 Å². The second-order valence-electron chi connectivity index (χ2n) is 4.46. The quantitative estimate of drug-likeness (QED) is 0.568. The van der Waals surface area contributed by atoms with Crippen LogP contribution in [-0.2, 0) is 11.3 Å². The summed E-state index contributed by atoms with van der Waals surface area (Å²) >= 11 is 0. The second kappa shape index (κ2) is 6.48. The van der Waals surface area contributed by atoms with Crippen LogP contribution in [0.1, 0.15) is 12.8 Å². The molecule has 1 heterocycles. The van der Waals surface area contributed by atoms with E-state index < -0.39 is 4.92 Å². The third-order valence-corrected chi connectivity index (χ3v) is 2.90. The maximum Gasteiger partial charge on any atom is 0.307 e. The van der Waals surface area contributed by atoms with Gasteiger partial charge in [-0.3, -0.25) is 19.6 Å². The maximum absolute atomic E-state index is 11.5. The average molecular weight is 290 g/mol. The van der Waals surface area contributed by atoms with E-state index in [9.17, 15) is 14.9 Å². The Kier molecular flexibility index (Phi) is 5.25. The van der Waals surface area contributed by atoms with Gasteiger partial charge < -0.3 is 11.1 Å². The molecule has 0 saturated heterocycles. The standard InChI is InChI=1S/C10H15N5O3.ClH/c11-9(7-1-2-7)4-12-10(16)6-14-5-8(3-13-14)15(17)18;/h3,5,7,9H,1-2,4,6,11H2,(H,12,16);1H. The smallest absolute Gasteiger partial charge is 0.307 e. The number of nitrogens with zero attached hydrogens (tertiary/aromatic N) is 3. The van der Waals surface area contributed by atoms with Gasteiger partial charge in [0.25, 0.3) is 0 Å². The Balaban J connectivity index is 0.00000180. The summed E-state index contributed by atoms with van der Waals surface area (Å²) in [5, 5.41) is 16.9. The number of nitrogens with two attached hydrogens (primary N) is 1. The number of amides is 1. The molecule has 0 radical (unpaired) electrons. The molecule has 106 valence electrons. The average Bonchev–Trinajstić information content (AvgIpc) is 3.07. The van der Waals surface area contributed by atoms with E-state index in [1.54, 1.807) is 0 Å². The topological polar surface area (TPSA) is 116 Å². The van der Waals surface area contributed by atoms with E-state index >= 15 is 0 Å². The molecular weight excluding hydrogens is 274 g/mol. The molecule has 1 atom stereocenters. The van der Waals surface area contributed by atoms with E-state index in [0.29, 0.717) is 12.5 Å². The summed E-state index contributed by atoms with van der Waals surface area (Å²) in [4.78, 5) is 21.4. The Hall–Kier alpha value is -1.67. The first-order valence-electron chi connectivity index (χ1n) is 5.75. The summed E-state index contributed by atoms with van der Waals surface area (Å²) in [7, 11) is 0. The first-order chi connectivity index (χ1) is 8.56. The van der Waals surface area contributed by atoms with Crippen molar-refractivity contribution in [3.63, 3.8) is 0 Å². The second-order valence-corrected chi connectivity index (χ2v) is 4.46. The van der Waals surface area contributed by atoms with Gasteiger partial charge >= 0.3 is 5.69 Å². The first-order valence-corrected chi connectivity index (χ1v) is 5.75. The Bertz CT molecular complexity index is 460. The fraction of sp³-hybridized carbons (Fsp3) is 0.600. The number of hydrogen-bond donors (Lipinski definition) is 2. The number of aromatic nitrogens is 2. The highest BCUT2D eigenvalue weighted by Crippen LogP contribution is 2.31. The van der Waals surface area contributed by atoms with Crippen molar-refractivity contribution in [2.45, 2.75) is 25.4 Å². The van der Waals surface area contributed by atoms with Crippen LogP contribution in [0.3, 0.4) is 0 Å². The van der Waals surface area contributed by atoms with Crippen LogP contribution in [-0.4, -0.2) is 33.2 Å². The zero-order valence-corrected chi connectivity index (χ0v) is 11.0. The van der Waals surface area contributed by atoms with Crippen molar-refractivity contribution in [2.24, 2.45) is 11.7 Å². The van der Waals surface area contributed by atoms with Crippen LogP contribution in [0.2, 0.25) is 0 Å². The summed E-state index contributed by atoms with van der Waals surface area (Å²) in [6.07, 6.45) is 4.59. The minimum absolute atomic E-state index is 0. The van der Waals surface area contributed by atoms with Gasteiger partial charge in [-0.1, -0.05) is 0 Å². The molecule has 2 rings (SSSR count). The van der Waals surface area contributed by atoms with Gasteiger partial charge in [0.2, 0.25) is 5.91 Å². The fourth-order valence-electron chi connectivity index (χ4n) is 1.66. The highest BCUT2D eigenvalue weighted by atomic mass is 35.5. The van der Waals surface area contributed by atoms with E-state index in [0.717, 1.165) is 19.0 Å². The third kappa shape index (κ3) is 4.49. The van der Waals surface area contributed by atoms with Crippen molar-refractivity contribution >= 4 is 24.0 Å².